The van der Waals surface area contributed by atoms with Crippen LogP contribution < -0.4 is 59.6 Å². The summed E-state index contributed by atoms with van der Waals surface area (Å²) in [6.07, 6.45) is 6.40. The van der Waals surface area contributed by atoms with Crippen LogP contribution >= 0.6 is 0 Å². The summed E-state index contributed by atoms with van der Waals surface area (Å²) in [6, 6.07) is 42.5. The van der Waals surface area contributed by atoms with Gasteiger partial charge in [-0.25, -0.2) is 4.98 Å². The quantitative estimate of drug-likeness (QED) is 0.253. The normalized spacial score (nSPS) is 12.4. The minimum atomic E-state index is -0.407. The summed E-state index contributed by atoms with van der Waals surface area (Å²) in [5, 5.41) is 17.3. The Kier molecular flexibility index (Phi) is 10.4. The molecule has 3 heterocycles. The van der Waals surface area contributed by atoms with Crippen LogP contribution in [-0.2, 0) is 0 Å². The van der Waals surface area contributed by atoms with Crippen LogP contribution in [-0.4, -0.2) is 99.8 Å². The molecule has 11 aromatic rings. The lowest BCUT2D eigenvalue weighted by atomic mass is 9.59. The average molecular weight is 872 g/mol. The highest BCUT2D eigenvalue weighted by Gasteiger charge is 2.26. The molecule has 0 atom stereocenters. The molecule has 1 aliphatic rings. The molecule has 0 saturated heterocycles. The van der Waals surface area contributed by atoms with Crippen LogP contribution in [0.25, 0.3) is 112 Å². The third kappa shape index (κ3) is 6.57. The highest BCUT2D eigenvalue weighted by atomic mass is 16.3. The first-order chi connectivity index (χ1) is 33.9. The van der Waals surface area contributed by atoms with E-state index >= 15 is 0 Å². The second-order valence-corrected chi connectivity index (χ2v) is 17.6. The van der Waals surface area contributed by atoms with Crippen molar-refractivity contribution in [2.24, 2.45) is 0 Å². The third-order valence-corrected chi connectivity index (χ3v) is 13.7. The van der Waals surface area contributed by atoms with E-state index in [4.69, 9.17) is 85.6 Å². The highest BCUT2D eigenvalue weighted by Crippen LogP contribution is 2.42. The molecule has 0 amide bonds. The van der Waals surface area contributed by atoms with Gasteiger partial charge in [-0.05, 0) is 81.3 Å². The van der Waals surface area contributed by atoms with Crippen molar-refractivity contribution in [1.29, 1.82) is 0 Å². The SMILES string of the molecule is [B]c1c([B])c([B])c(-c2cc(-c3c([B])c([B])c([B])c(O)c3[B])cc(-n3c4ccccc4c4ccc5c6ccccc6n(-c6nc(-c7ccccc7)nc(-c7cccc8c7=CCCC=8)n6)c5c43)c2)c([B])c1[B]. The van der Waals surface area contributed by atoms with E-state index in [0.717, 1.165) is 78.0 Å². The van der Waals surface area contributed by atoms with Crippen LogP contribution in [0.5, 0.6) is 5.75 Å². The van der Waals surface area contributed by atoms with Crippen molar-refractivity contribution in [2.45, 2.75) is 12.8 Å². The lowest BCUT2D eigenvalue weighted by Gasteiger charge is -2.24. The highest BCUT2D eigenvalue weighted by molar-refractivity contribution is 6.69. The van der Waals surface area contributed by atoms with Gasteiger partial charge in [-0.2, -0.15) is 9.97 Å². The van der Waals surface area contributed by atoms with E-state index in [0.29, 0.717) is 40.0 Å². The summed E-state index contributed by atoms with van der Waals surface area (Å²) >= 11 is 0. The van der Waals surface area contributed by atoms with Crippen LogP contribution in [0.3, 0.4) is 0 Å². The number of aromatic hydroxyl groups is 1. The standard InChI is InChI=1S/C55H28B9N5O/c56-41-39(42(57)46(61)48(63)45(41)60)28-23-29(40-43(58)47(62)49(64)52(70)44(40)59)25-30(24-28)68-37-19-8-6-16-32(37)34-21-22-35-33-17-7-9-20-38(33)69(51(35)50(34)68)55-66-53(27-12-2-1-3-13-27)65-54(67-55)36-18-10-14-26-11-4-5-15-31(26)36/h1-3,6-25,70H,4-5H2. The molecule has 0 aliphatic heterocycles. The van der Waals surface area contributed by atoms with Crippen molar-refractivity contribution >= 4 is 176 Å². The number of hydrogen-bond donors (Lipinski definition) is 1. The van der Waals surface area contributed by atoms with Crippen LogP contribution in [0.2, 0.25) is 0 Å². The van der Waals surface area contributed by atoms with Gasteiger partial charge in [-0.1, -0.05) is 131 Å². The van der Waals surface area contributed by atoms with E-state index < -0.39 is 5.75 Å². The van der Waals surface area contributed by atoms with Gasteiger partial charge in [0.15, 0.2) is 11.6 Å². The van der Waals surface area contributed by atoms with Crippen molar-refractivity contribution in [3.8, 4) is 62.4 Å². The molecule has 1 aliphatic carbocycles. The smallest absolute Gasteiger partial charge is 0.238 e. The monoisotopic (exact) mass is 873 g/mol. The lowest BCUT2D eigenvalue weighted by molar-refractivity contribution is 0.484. The summed E-state index contributed by atoms with van der Waals surface area (Å²) < 4.78 is 4.29. The topological polar surface area (TPSA) is 68.8 Å². The Balaban J connectivity index is 1.25. The van der Waals surface area contributed by atoms with E-state index in [1.165, 1.54) is 0 Å². The van der Waals surface area contributed by atoms with Gasteiger partial charge in [0.2, 0.25) is 5.95 Å². The summed E-state index contributed by atoms with van der Waals surface area (Å²) in [4.78, 5) is 15.9. The molecule has 15 heteroatoms. The zero-order chi connectivity index (χ0) is 48.3. The fourth-order valence-corrected chi connectivity index (χ4v) is 10.2. The van der Waals surface area contributed by atoms with Crippen molar-refractivity contribution in [1.82, 2.24) is 24.1 Å². The third-order valence-electron chi connectivity index (χ3n) is 13.7. The zero-order valence-corrected chi connectivity index (χ0v) is 37.6. The van der Waals surface area contributed by atoms with Gasteiger partial charge in [-0.3, -0.25) is 4.57 Å². The van der Waals surface area contributed by atoms with E-state index in [9.17, 15) is 5.11 Å². The molecule has 0 fully saturated rings. The first kappa shape index (κ1) is 43.8. The molecule has 0 unspecified atom stereocenters. The van der Waals surface area contributed by atoms with Crippen LogP contribution in [0.1, 0.15) is 12.8 Å². The molecule has 6 nitrogen and oxygen atoms in total. The van der Waals surface area contributed by atoms with Gasteiger partial charge in [0.1, 0.15) is 76.4 Å². The Morgan fingerprint density at radius 2 is 0.943 bits per heavy atom. The minimum absolute atomic E-state index is 0.0321. The average Bonchev–Trinajstić information content (AvgIpc) is 3.92. The van der Waals surface area contributed by atoms with Crippen molar-refractivity contribution < 1.29 is 5.11 Å². The fourth-order valence-electron chi connectivity index (χ4n) is 10.2. The van der Waals surface area contributed by atoms with Crippen molar-refractivity contribution in [3.63, 3.8) is 0 Å². The Morgan fingerprint density at radius 1 is 0.414 bits per heavy atom. The van der Waals surface area contributed by atoms with Gasteiger partial charge >= 0.3 is 0 Å². The minimum Gasteiger partial charge on any atom is -0.509 e. The molecule has 8 aromatic carbocycles. The Morgan fingerprint density at radius 3 is 1.60 bits per heavy atom. The number of phenolic OH excluding ortho intramolecular Hbond substituents is 1. The van der Waals surface area contributed by atoms with E-state index in [1.807, 2.05) is 66.7 Å². The van der Waals surface area contributed by atoms with E-state index in [2.05, 4.69) is 75.9 Å². The lowest BCUT2D eigenvalue weighted by Crippen LogP contribution is -2.55. The number of rotatable bonds is 6. The molecule has 0 bridgehead atoms. The molecule has 0 spiro atoms. The molecular formula is C55H28B9N5O. The van der Waals surface area contributed by atoms with E-state index in [-0.39, 0.29) is 54.7 Å². The molecule has 12 rings (SSSR count). The van der Waals surface area contributed by atoms with Crippen LogP contribution in [0.4, 0.5) is 0 Å². The molecule has 1 N–H and O–H groups in total. The van der Waals surface area contributed by atoms with Gasteiger partial charge in [-0.15, -0.1) is 21.9 Å². The van der Waals surface area contributed by atoms with Gasteiger partial charge < -0.3 is 9.67 Å². The Bertz CT molecular complexity index is 4060. The van der Waals surface area contributed by atoms with Crippen molar-refractivity contribution in [2.75, 3.05) is 0 Å². The molecule has 3 aromatic heterocycles. The number of nitrogens with zero attached hydrogens (tertiary/aromatic N) is 5. The largest absolute Gasteiger partial charge is 0.509 e. The second-order valence-electron chi connectivity index (χ2n) is 17.6. The number of fused-ring (bicyclic) bond motifs is 8. The Labute approximate surface area is 415 Å². The fraction of sp³-hybridized carbons (Fsp3) is 0.0364. The predicted octanol–water partition coefficient (Wildman–Crippen LogP) is 0.938. The van der Waals surface area contributed by atoms with Crippen LogP contribution in [0.15, 0.2) is 127 Å². The Hall–Kier alpha value is -7.51. The molecule has 0 saturated carbocycles. The summed E-state index contributed by atoms with van der Waals surface area (Å²) in [7, 11) is 59.0. The van der Waals surface area contributed by atoms with Gasteiger partial charge in [0, 0.05) is 38.4 Å². The maximum Gasteiger partial charge on any atom is 0.238 e. The number of hydrogen-bond acceptors (Lipinski definition) is 4. The molecular weight excluding hydrogens is 844 g/mol. The number of aromatic nitrogens is 5. The predicted molar refractivity (Wildman–Crippen MR) is 298 cm³/mol. The number of para-hydroxylation sites is 2. The number of phenols is 1. The first-order valence-corrected chi connectivity index (χ1v) is 22.6. The number of benzene rings is 8. The zero-order valence-electron chi connectivity index (χ0n) is 37.6. The summed E-state index contributed by atoms with van der Waals surface area (Å²) in [5.74, 6) is 1.08. The van der Waals surface area contributed by atoms with E-state index in [1.54, 1.807) is 6.07 Å². The first-order valence-electron chi connectivity index (χ1n) is 22.6. The van der Waals surface area contributed by atoms with Crippen LogP contribution in [0, 0.1) is 0 Å². The maximum atomic E-state index is 11.2. The maximum absolute atomic E-state index is 11.2. The van der Waals surface area contributed by atoms with Gasteiger partial charge in [0.25, 0.3) is 0 Å². The molecule has 18 radical (unpaired) electrons. The molecule has 70 heavy (non-hydrogen) atoms. The molecule has 306 valence electrons. The second kappa shape index (κ2) is 16.6. The summed E-state index contributed by atoms with van der Waals surface area (Å²) in [5.41, 5.74) is 7.52. The summed E-state index contributed by atoms with van der Waals surface area (Å²) in [6.45, 7) is 0. The van der Waals surface area contributed by atoms with Gasteiger partial charge in [0.05, 0.1) is 22.1 Å². The van der Waals surface area contributed by atoms with Crippen molar-refractivity contribution in [3.05, 3.63) is 138 Å².